The van der Waals surface area contributed by atoms with Crippen molar-refractivity contribution in [3.63, 3.8) is 0 Å². The van der Waals surface area contributed by atoms with Crippen LogP contribution in [0.15, 0.2) is 39.7 Å². The second-order valence-corrected chi connectivity index (χ2v) is 8.49. The lowest BCUT2D eigenvalue weighted by molar-refractivity contribution is -0.150. The third-order valence-electron chi connectivity index (χ3n) is 4.71. The zero-order chi connectivity index (χ0) is 24.1. The van der Waals surface area contributed by atoms with E-state index in [1.807, 2.05) is 6.92 Å². The van der Waals surface area contributed by atoms with Crippen LogP contribution in [-0.4, -0.2) is 47.2 Å². The van der Waals surface area contributed by atoms with Gasteiger partial charge >= 0.3 is 11.9 Å². The van der Waals surface area contributed by atoms with Gasteiger partial charge < -0.3 is 13.9 Å². The van der Waals surface area contributed by atoms with Crippen LogP contribution < -0.4 is 0 Å². The van der Waals surface area contributed by atoms with Gasteiger partial charge in [-0.25, -0.2) is 4.79 Å². The number of amides is 2. The van der Waals surface area contributed by atoms with Crippen LogP contribution in [0, 0.1) is 0 Å². The number of esters is 2. The molecule has 1 fully saturated rings. The fraction of sp³-hybridized carbons (Fsp3) is 0.304. The normalized spacial score (nSPS) is 15.8. The Morgan fingerprint density at radius 1 is 1.21 bits per heavy atom. The molecule has 0 radical (unpaired) electrons. The molecule has 1 aliphatic heterocycles. The van der Waals surface area contributed by atoms with Crippen molar-refractivity contribution < 1.29 is 33.1 Å². The van der Waals surface area contributed by atoms with Gasteiger partial charge in [0.2, 0.25) is 0 Å². The quantitative estimate of drug-likeness (QED) is 0.368. The number of imide groups is 1. The molecule has 1 atom stereocenters. The van der Waals surface area contributed by atoms with Gasteiger partial charge in [-0.3, -0.25) is 19.3 Å². The number of furan rings is 1. The third-order valence-corrected chi connectivity index (χ3v) is 5.95. The predicted octanol–water partition coefficient (Wildman–Crippen LogP) is 5.15. The number of hydrogen-bond acceptors (Lipinski definition) is 8. The number of ether oxygens (including phenoxy) is 2. The van der Waals surface area contributed by atoms with Gasteiger partial charge in [0.25, 0.3) is 11.1 Å². The van der Waals surface area contributed by atoms with Gasteiger partial charge in [0.1, 0.15) is 18.1 Å². The minimum absolute atomic E-state index is 0.126. The molecule has 0 N–H and O–H groups in total. The number of halogens is 1. The highest BCUT2D eigenvalue weighted by Crippen LogP contribution is 2.34. The number of benzene rings is 1. The van der Waals surface area contributed by atoms with Gasteiger partial charge in [0.05, 0.1) is 28.2 Å². The van der Waals surface area contributed by atoms with Crippen LogP contribution in [0.4, 0.5) is 4.79 Å². The Hall–Kier alpha value is -3.04. The maximum absolute atomic E-state index is 12.6. The van der Waals surface area contributed by atoms with E-state index in [4.69, 9.17) is 25.5 Å². The van der Waals surface area contributed by atoms with Crippen molar-refractivity contribution in [3.8, 4) is 11.3 Å². The van der Waals surface area contributed by atoms with E-state index in [1.54, 1.807) is 44.2 Å². The first-order valence-corrected chi connectivity index (χ1v) is 11.4. The summed E-state index contributed by atoms with van der Waals surface area (Å²) in [6, 6.07) is 8.09. The summed E-state index contributed by atoms with van der Waals surface area (Å²) in [6.45, 7) is 5.06. The number of hydrogen-bond donors (Lipinski definition) is 0. The van der Waals surface area contributed by atoms with Crippen LogP contribution >= 0.6 is 23.4 Å². The molecule has 1 aliphatic rings. The molecular formula is C23H22ClNO7S. The van der Waals surface area contributed by atoms with E-state index in [2.05, 4.69) is 0 Å². The van der Waals surface area contributed by atoms with Gasteiger partial charge in [-0.1, -0.05) is 18.5 Å². The number of thioether (sulfide) groups is 1. The minimum Gasteiger partial charge on any atom is -0.462 e. The first kappa shape index (κ1) is 24.6. The summed E-state index contributed by atoms with van der Waals surface area (Å²) in [7, 11) is 0. The van der Waals surface area contributed by atoms with E-state index in [9.17, 15) is 19.2 Å². The fourth-order valence-electron chi connectivity index (χ4n) is 2.87. The third kappa shape index (κ3) is 5.85. The molecule has 8 nitrogen and oxygen atoms in total. The molecule has 0 unspecified atom stereocenters. The van der Waals surface area contributed by atoms with E-state index in [0.29, 0.717) is 35.3 Å². The average Bonchev–Trinajstić information content (AvgIpc) is 3.34. The predicted molar refractivity (Wildman–Crippen MR) is 124 cm³/mol. The van der Waals surface area contributed by atoms with Crippen LogP contribution in [0.1, 0.15) is 43.3 Å². The van der Waals surface area contributed by atoms with Gasteiger partial charge in [0, 0.05) is 11.6 Å². The van der Waals surface area contributed by atoms with Crippen LogP contribution in [0.3, 0.4) is 0 Å². The fourth-order valence-corrected chi connectivity index (χ4v) is 3.88. The molecule has 174 valence electrons. The Kier molecular flexibility index (Phi) is 7.99. The summed E-state index contributed by atoms with van der Waals surface area (Å²) in [4.78, 5) is 49.8. The molecule has 2 aromatic rings. The zero-order valence-electron chi connectivity index (χ0n) is 18.3. The molecule has 1 aromatic heterocycles. The largest absolute Gasteiger partial charge is 0.462 e. The maximum Gasteiger partial charge on any atom is 0.339 e. The molecule has 0 spiro atoms. The summed E-state index contributed by atoms with van der Waals surface area (Å²) in [5, 5.41) is -0.305. The Bertz CT molecular complexity index is 1120. The molecule has 0 aliphatic carbocycles. The van der Waals surface area contributed by atoms with E-state index >= 15 is 0 Å². The minimum atomic E-state index is -0.645. The molecule has 0 bridgehead atoms. The van der Waals surface area contributed by atoms with E-state index in [0.717, 1.165) is 4.90 Å². The summed E-state index contributed by atoms with van der Waals surface area (Å²) >= 11 is 6.81. The highest BCUT2D eigenvalue weighted by atomic mass is 35.5. The smallest absolute Gasteiger partial charge is 0.339 e. The Balaban J connectivity index is 1.76. The van der Waals surface area contributed by atoms with Gasteiger partial charge in [-0.15, -0.1) is 0 Å². The van der Waals surface area contributed by atoms with Crippen molar-refractivity contribution in [2.75, 3.05) is 13.2 Å². The van der Waals surface area contributed by atoms with Crippen LogP contribution in [-0.2, 0) is 19.1 Å². The van der Waals surface area contributed by atoms with E-state index in [1.165, 1.54) is 6.08 Å². The summed E-state index contributed by atoms with van der Waals surface area (Å²) < 4.78 is 15.9. The Morgan fingerprint density at radius 2 is 1.97 bits per heavy atom. The standard InChI is InChI=1S/C23H22ClNO7S/c1-4-13(3)31-20(26)12-25-21(27)19(33-23(25)29)11-15-7-9-18(32-15)14-6-8-17(24)16(10-14)22(28)30-5-2/h6-11,13H,4-5,12H2,1-3H3/b19-11+/t13-/m0/s1. The summed E-state index contributed by atoms with van der Waals surface area (Å²) in [6.07, 6.45) is 1.76. The molecule has 10 heteroatoms. The second kappa shape index (κ2) is 10.7. The van der Waals surface area contributed by atoms with Gasteiger partial charge in [0.15, 0.2) is 0 Å². The maximum atomic E-state index is 12.6. The monoisotopic (exact) mass is 491 g/mol. The number of nitrogens with zero attached hydrogens (tertiary/aromatic N) is 1. The highest BCUT2D eigenvalue weighted by Gasteiger charge is 2.37. The van der Waals surface area contributed by atoms with Crippen molar-refractivity contribution in [3.05, 3.63) is 51.6 Å². The molecular weight excluding hydrogens is 470 g/mol. The lowest BCUT2D eigenvalue weighted by Gasteiger charge is -2.14. The van der Waals surface area contributed by atoms with Crippen molar-refractivity contribution in [1.29, 1.82) is 0 Å². The van der Waals surface area contributed by atoms with Crippen molar-refractivity contribution in [2.24, 2.45) is 0 Å². The molecule has 3 rings (SSSR count). The number of carbonyl (C=O) groups excluding carboxylic acids is 4. The average molecular weight is 492 g/mol. The van der Waals surface area contributed by atoms with E-state index < -0.39 is 29.6 Å². The number of carbonyl (C=O) groups is 4. The molecule has 1 saturated heterocycles. The summed E-state index contributed by atoms with van der Waals surface area (Å²) in [5.41, 5.74) is 0.794. The highest BCUT2D eigenvalue weighted by molar-refractivity contribution is 8.18. The van der Waals surface area contributed by atoms with Crippen LogP contribution in [0.2, 0.25) is 5.02 Å². The molecule has 1 aromatic carbocycles. The Morgan fingerprint density at radius 3 is 2.67 bits per heavy atom. The topological polar surface area (TPSA) is 103 Å². The first-order valence-electron chi connectivity index (χ1n) is 10.2. The van der Waals surface area contributed by atoms with Crippen LogP contribution in [0.5, 0.6) is 0 Å². The summed E-state index contributed by atoms with van der Waals surface area (Å²) in [5.74, 6) is -1.03. The van der Waals surface area contributed by atoms with Gasteiger partial charge in [-0.2, -0.15) is 0 Å². The Labute approximate surface area is 199 Å². The lowest BCUT2D eigenvalue weighted by atomic mass is 10.1. The van der Waals surface area contributed by atoms with Crippen LogP contribution in [0.25, 0.3) is 17.4 Å². The second-order valence-electron chi connectivity index (χ2n) is 7.09. The first-order chi connectivity index (χ1) is 15.7. The van der Waals surface area contributed by atoms with Gasteiger partial charge in [-0.05, 0) is 62.4 Å². The number of rotatable bonds is 8. The van der Waals surface area contributed by atoms with Crippen molar-refractivity contribution in [2.45, 2.75) is 33.3 Å². The molecule has 2 heterocycles. The lowest BCUT2D eigenvalue weighted by Crippen LogP contribution is -2.35. The van der Waals surface area contributed by atoms with Crippen molar-refractivity contribution >= 4 is 52.5 Å². The van der Waals surface area contributed by atoms with Crippen molar-refractivity contribution in [1.82, 2.24) is 4.90 Å². The van der Waals surface area contributed by atoms with E-state index in [-0.39, 0.29) is 28.2 Å². The molecule has 2 amide bonds. The zero-order valence-corrected chi connectivity index (χ0v) is 19.8. The molecule has 33 heavy (non-hydrogen) atoms. The molecule has 0 saturated carbocycles. The SMILES string of the molecule is CCOC(=O)c1cc(-c2ccc(/C=C3/SC(=O)N(CC(=O)O[C@@H](C)CC)C3=O)o2)ccc1Cl.